The molecule has 2 amide bonds. The van der Waals surface area contributed by atoms with Gasteiger partial charge in [-0.05, 0) is 48.9 Å². The van der Waals surface area contributed by atoms with Crippen LogP contribution in [0.3, 0.4) is 0 Å². The quantitative estimate of drug-likeness (QED) is 0.539. The van der Waals surface area contributed by atoms with E-state index in [0.717, 1.165) is 19.3 Å². The summed E-state index contributed by atoms with van der Waals surface area (Å²) in [7, 11) is 1.30. The Morgan fingerprint density at radius 1 is 0.889 bits per heavy atom. The predicted octanol–water partition coefficient (Wildman–Crippen LogP) is 4.24. The summed E-state index contributed by atoms with van der Waals surface area (Å²) in [6.07, 6.45) is 3.44. The number of hydrogen-bond acceptors (Lipinski definition) is 4. The van der Waals surface area contributed by atoms with Crippen molar-refractivity contribution in [2.75, 3.05) is 17.7 Å². The third kappa shape index (κ3) is 6.26. The first kappa shape index (κ1) is 20.2. The Morgan fingerprint density at radius 3 is 2.15 bits per heavy atom. The minimum atomic E-state index is -0.454. The number of ether oxygens (including phenoxy) is 1. The number of rotatable bonds is 8. The predicted molar refractivity (Wildman–Crippen MR) is 105 cm³/mol. The number of carbonyl (C=O) groups is 3. The monoisotopic (exact) mass is 368 g/mol. The molecule has 2 aromatic rings. The normalized spacial score (nSPS) is 10.1. The van der Waals surface area contributed by atoms with E-state index in [1.54, 1.807) is 36.4 Å². The molecule has 0 heterocycles. The zero-order chi connectivity index (χ0) is 19.6. The highest BCUT2D eigenvalue weighted by molar-refractivity contribution is 6.05. The average Bonchev–Trinajstić information content (AvgIpc) is 2.68. The minimum absolute atomic E-state index is 0.0367. The third-order valence-corrected chi connectivity index (χ3v) is 3.98. The summed E-state index contributed by atoms with van der Waals surface area (Å²) in [6.45, 7) is 2.09. The average molecular weight is 368 g/mol. The van der Waals surface area contributed by atoms with Crippen LogP contribution >= 0.6 is 0 Å². The first-order valence-corrected chi connectivity index (χ1v) is 8.93. The SMILES string of the molecule is CCCCCC(=O)Nc1cccc(NC(=O)c2ccc(C(=O)OC)cc2)c1. The molecular formula is C21H24N2O4. The molecule has 2 aromatic carbocycles. The second kappa shape index (κ2) is 10.1. The number of hydrogen-bond donors (Lipinski definition) is 2. The maximum Gasteiger partial charge on any atom is 0.337 e. The van der Waals surface area contributed by atoms with Crippen LogP contribution in [0.25, 0.3) is 0 Å². The van der Waals surface area contributed by atoms with E-state index in [9.17, 15) is 14.4 Å². The van der Waals surface area contributed by atoms with Crippen molar-refractivity contribution in [2.24, 2.45) is 0 Å². The van der Waals surface area contributed by atoms with Crippen LogP contribution in [0.5, 0.6) is 0 Å². The number of carbonyl (C=O) groups excluding carboxylic acids is 3. The first-order chi connectivity index (χ1) is 13.0. The number of amides is 2. The second-order valence-corrected chi connectivity index (χ2v) is 6.11. The highest BCUT2D eigenvalue weighted by atomic mass is 16.5. The molecule has 6 nitrogen and oxygen atoms in total. The van der Waals surface area contributed by atoms with Gasteiger partial charge in [-0.25, -0.2) is 4.79 Å². The largest absolute Gasteiger partial charge is 0.465 e. The van der Waals surface area contributed by atoms with Crippen molar-refractivity contribution in [3.63, 3.8) is 0 Å². The maximum atomic E-state index is 12.4. The smallest absolute Gasteiger partial charge is 0.337 e. The summed E-state index contributed by atoms with van der Waals surface area (Å²) >= 11 is 0. The van der Waals surface area contributed by atoms with Crippen molar-refractivity contribution in [1.82, 2.24) is 0 Å². The van der Waals surface area contributed by atoms with Crippen molar-refractivity contribution in [3.05, 3.63) is 59.7 Å². The van der Waals surface area contributed by atoms with E-state index in [1.165, 1.54) is 19.2 Å². The molecule has 0 bridgehead atoms. The highest BCUT2D eigenvalue weighted by Crippen LogP contribution is 2.17. The Hall–Kier alpha value is -3.15. The van der Waals surface area contributed by atoms with Crippen molar-refractivity contribution in [1.29, 1.82) is 0 Å². The molecule has 0 saturated heterocycles. The van der Waals surface area contributed by atoms with Gasteiger partial charge in [0.2, 0.25) is 5.91 Å². The van der Waals surface area contributed by atoms with Crippen molar-refractivity contribution in [3.8, 4) is 0 Å². The Bertz CT molecular complexity index is 800. The molecule has 142 valence electrons. The Kier molecular flexibility index (Phi) is 7.55. The number of esters is 1. The van der Waals surface area contributed by atoms with E-state index in [1.807, 2.05) is 0 Å². The van der Waals surface area contributed by atoms with Gasteiger partial charge in [0.25, 0.3) is 5.91 Å². The molecule has 0 aliphatic carbocycles. The van der Waals surface area contributed by atoms with Crippen LogP contribution in [0.4, 0.5) is 11.4 Å². The lowest BCUT2D eigenvalue weighted by molar-refractivity contribution is -0.116. The molecule has 0 unspecified atom stereocenters. The zero-order valence-electron chi connectivity index (χ0n) is 15.6. The van der Waals surface area contributed by atoms with E-state index in [2.05, 4.69) is 22.3 Å². The van der Waals surface area contributed by atoms with Crippen molar-refractivity contribution in [2.45, 2.75) is 32.6 Å². The molecule has 0 radical (unpaired) electrons. The lowest BCUT2D eigenvalue weighted by atomic mass is 10.1. The molecule has 2 rings (SSSR count). The molecule has 27 heavy (non-hydrogen) atoms. The van der Waals surface area contributed by atoms with Crippen molar-refractivity contribution >= 4 is 29.2 Å². The standard InChI is InChI=1S/C21H24N2O4/c1-3-4-5-9-19(24)22-17-7-6-8-18(14-17)23-20(25)15-10-12-16(13-11-15)21(26)27-2/h6-8,10-14H,3-5,9H2,1-2H3,(H,22,24)(H,23,25). The Morgan fingerprint density at radius 2 is 1.52 bits per heavy atom. The molecule has 0 spiro atoms. The molecular weight excluding hydrogens is 344 g/mol. The van der Waals surface area contributed by atoms with Gasteiger partial charge in [0, 0.05) is 23.4 Å². The van der Waals surface area contributed by atoms with Gasteiger partial charge in [-0.1, -0.05) is 25.8 Å². The van der Waals surface area contributed by atoms with Gasteiger partial charge < -0.3 is 15.4 Å². The summed E-state index contributed by atoms with van der Waals surface area (Å²) in [4.78, 5) is 35.7. The van der Waals surface area contributed by atoms with Crippen LogP contribution in [-0.4, -0.2) is 24.9 Å². The van der Waals surface area contributed by atoms with Gasteiger partial charge in [-0.15, -0.1) is 0 Å². The number of methoxy groups -OCH3 is 1. The van der Waals surface area contributed by atoms with Gasteiger partial charge in [0.05, 0.1) is 12.7 Å². The van der Waals surface area contributed by atoms with Gasteiger partial charge in [-0.2, -0.15) is 0 Å². The fraction of sp³-hybridized carbons (Fsp3) is 0.286. The maximum absolute atomic E-state index is 12.4. The first-order valence-electron chi connectivity index (χ1n) is 8.93. The van der Waals surface area contributed by atoms with E-state index in [-0.39, 0.29) is 11.8 Å². The minimum Gasteiger partial charge on any atom is -0.465 e. The highest BCUT2D eigenvalue weighted by Gasteiger charge is 2.10. The number of benzene rings is 2. The topological polar surface area (TPSA) is 84.5 Å². The molecule has 0 fully saturated rings. The van der Waals surface area contributed by atoms with Crippen LogP contribution in [0.2, 0.25) is 0 Å². The Balaban J connectivity index is 1.97. The summed E-state index contributed by atoms with van der Waals surface area (Å²) < 4.78 is 4.63. The molecule has 0 saturated carbocycles. The summed E-state index contributed by atoms with van der Waals surface area (Å²) in [5.74, 6) is -0.799. The van der Waals surface area contributed by atoms with Gasteiger partial charge >= 0.3 is 5.97 Å². The molecule has 0 atom stereocenters. The Labute approximate surface area is 158 Å². The number of anilines is 2. The summed E-state index contributed by atoms with van der Waals surface area (Å²) in [5, 5.41) is 5.62. The van der Waals surface area contributed by atoms with Crippen LogP contribution in [0.1, 0.15) is 53.3 Å². The van der Waals surface area contributed by atoms with Crippen LogP contribution in [0, 0.1) is 0 Å². The molecule has 2 N–H and O–H groups in total. The van der Waals surface area contributed by atoms with E-state index in [0.29, 0.717) is 28.9 Å². The fourth-order valence-corrected chi connectivity index (χ4v) is 2.51. The lowest BCUT2D eigenvalue weighted by Crippen LogP contribution is -2.14. The lowest BCUT2D eigenvalue weighted by Gasteiger charge is -2.09. The molecule has 0 aliphatic rings. The van der Waals surface area contributed by atoms with E-state index in [4.69, 9.17) is 0 Å². The van der Waals surface area contributed by atoms with Gasteiger partial charge in [-0.3, -0.25) is 9.59 Å². The fourth-order valence-electron chi connectivity index (χ4n) is 2.51. The second-order valence-electron chi connectivity index (χ2n) is 6.11. The van der Waals surface area contributed by atoms with Crippen molar-refractivity contribution < 1.29 is 19.1 Å². The van der Waals surface area contributed by atoms with Crippen LogP contribution in [-0.2, 0) is 9.53 Å². The summed E-state index contributed by atoms with van der Waals surface area (Å²) in [6, 6.07) is 13.2. The third-order valence-electron chi connectivity index (χ3n) is 3.98. The van der Waals surface area contributed by atoms with Crippen LogP contribution in [0.15, 0.2) is 48.5 Å². The molecule has 0 aliphatic heterocycles. The summed E-state index contributed by atoms with van der Waals surface area (Å²) in [5.41, 5.74) is 2.00. The zero-order valence-corrected chi connectivity index (χ0v) is 15.6. The molecule has 6 heteroatoms. The number of nitrogens with one attached hydrogen (secondary N) is 2. The van der Waals surface area contributed by atoms with E-state index >= 15 is 0 Å². The van der Waals surface area contributed by atoms with Gasteiger partial charge in [0.15, 0.2) is 0 Å². The van der Waals surface area contributed by atoms with Crippen LogP contribution < -0.4 is 10.6 Å². The van der Waals surface area contributed by atoms with Gasteiger partial charge in [0.1, 0.15) is 0 Å². The van der Waals surface area contributed by atoms with E-state index < -0.39 is 5.97 Å². The number of unbranched alkanes of at least 4 members (excludes halogenated alkanes) is 2. The molecule has 0 aromatic heterocycles.